The average molecular weight is 107 g/mol. The van der Waals surface area contributed by atoms with Crippen molar-refractivity contribution in [3.63, 3.8) is 0 Å². The molecule has 1 radical (unpaired) electrons. The van der Waals surface area contributed by atoms with Gasteiger partial charge >= 0.3 is 0 Å². The van der Waals surface area contributed by atoms with Crippen LogP contribution in [0.15, 0.2) is 18.5 Å². The van der Waals surface area contributed by atoms with Crippen LogP contribution in [0.4, 0.5) is 5.69 Å². The summed E-state index contributed by atoms with van der Waals surface area (Å²) in [5, 5.41) is 0. The van der Waals surface area contributed by atoms with E-state index in [1.165, 1.54) is 0 Å². The Bertz CT molecular complexity index is 163. The number of nitrogen functional groups attached to an aromatic ring is 1. The first kappa shape index (κ1) is 5.09. The molecule has 0 saturated carbocycles. The van der Waals surface area contributed by atoms with Crippen LogP contribution in [0.25, 0.3) is 0 Å². The zero-order chi connectivity index (χ0) is 5.98. The van der Waals surface area contributed by atoms with E-state index in [2.05, 4.69) is 11.9 Å². The Morgan fingerprint density at radius 3 is 2.75 bits per heavy atom. The van der Waals surface area contributed by atoms with E-state index >= 15 is 0 Å². The number of nitrogens with zero attached hydrogens (tertiary/aromatic N) is 1. The molecule has 1 heterocycles. The van der Waals surface area contributed by atoms with Crippen molar-refractivity contribution in [1.29, 1.82) is 0 Å². The minimum Gasteiger partial charge on any atom is -0.398 e. The molecule has 2 heteroatoms. The predicted octanol–water partition coefficient (Wildman–Crippen LogP) is 0.846. The maximum absolute atomic E-state index is 5.42. The largest absolute Gasteiger partial charge is 0.398 e. The van der Waals surface area contributed by atoms with Crippen LogP contribution in [0.1, 0.15) is 5.56 Å². The highest BCUT2D eigenvalue weighted by molar-refractivity contribution is 5.45. The zero-order valence-electron chi connectivity index (χ0n) is 4.46. The van der Waals surface area contributed by atoms with Crippen molar-refractivity contribution in [3.8, 4) is 0 Å². The lowest BCUT2D eigenvalue weighted by atomic mass is 10.3. The molecule has 0 amide bonds. The van der Waals surface area contributed by atoms with Gasteiger partial charge < -0.3 is 5.73 Å². The number of pyridine rings is 1. The van der Waals surface area contributed by atoms with Crippen LogP contribution in [-0.2, 0) is 0 Å². The molecule has 0 aliphatic carbocycles. The van der Waals surface area contributed by atoms with Gasteiger partial charge in [-0.3, -0.25) is 4.98 Å². The lowest BCUT2D eigenvalue weighted by molar-refractivity contribution is 1.31. The molecule has 1 aromatic heterocycles. The maximum Gasteiger partial charge on any atom is 0.0377 e. The molecule has 2 N–H and O–H groups in total. The second-order valence-corrected chi connectivity index (χ2v) is 1.57. The van der Waals surface area contributed by atoms with E-state index in [9.17, 15) is 0 Å². The lowest BCUT2D eigenvalue weighted by Gasteiger charge is -1.92. The van der Waals surface area contributed by atoms with E-state index in [1.807, 2.05) is 0 Å². The SMILES string of the molecule is [CH2]c1cnccc1N. The van der Waals surface area contributed by atoms with Crippen molar-refractivity contribution >= 4 is 5.69 Å². The van der Waals surface area contributed by atoms with E-state index in [4.69, 9.17) is 5.73 Å². The second-order valence-electron chi connectivity index (χ2n) is 1.57. The molecule has 1 aromatic rings. The summed E-state index contributed by atoms with van der Waals surface area (Å²) in [6.45, 7) is 3.63. The van der Waals surface area contributed by atoms with Crippen LogP contribution in [0.2, 0.25) is 0 Å². The minimum atomic E-state index is 0.694. The van der Waals surface area contributed by atoms with Gasteiger partial charge in [0.2, 0.25) is 0 Å². The van der Waals surface area contributed by atoms with Crippen molar-refractivity contribution in [2.24, 2.45) is 0 Å². The molecule has 0 atom stereocenters. The van der Waals surface area contributed by atoms with E-state index in [-0.39, 0.29) is 0 Å². The third kappa shape index (κ3) is 0.780. The molecule has 0 spiro atoms. The minimum absolute atomic E-state index is 0.694. The van der Waals surface area contributed by atoms with Gasteiger partial charge in [-0.15, -0.1) is 0 Å². The topological polar surface area (TPSA) is 38.9 Å². The summed E-state index contributed by atoms with van der Waals surface area (Å²) in [5.74, 6) is 0. The molecule has 0 fully saturated rings. The number of rotatable bonds is 0. The molecular formula is C6H7N2. The fourth-order valence-corrected chi connectivity index (χ4v) is 0.438. The molecule has 0 unspecified atom stereocenters. The quantitative estimate of drug-likeness (QED) is 0.533. The molecule has 0 aromatic carbocycles. The second kappa shape index (κ2) is 1.82. The van der Waals surface area contributed by atoms with Gasteiger partial charge in [-0.05, 0) is 18.6 Å². The predicted molar refractivity (Wildman–Crippen MR) is 33.1 cm³/mol. The van der Waals surface area contributed by atoms with Crippen LogP contribution in [-0.4, -0.2) is 4.98 Å². The van der Waals surface area contributed by atoms with Crippen molar-refractivity contribution in [1.82, 2.24) is 4.98 Å². The summed E-state index contributed by atoms with van der Waals surface area (Å²) in [6.07, 6.45) is 3.28. The highest BCUT2D eigenvalue weighted by atomic mass is 14.7. The summed E-state index contributed by atoms with van der Waals surface area (Å²) in [5.41, 5.74) is 6.90. The van der Waals surface area contributed by atoms with Gasteiger partial charge in [0.05, 0.1) is 0 Å². The monoisotopic (exact) mass is 107 g/mol. The molecule has 0 aliphatic rings. The fraction of sp³-hybridized carbons (Fsp3) is 0. The van der Waals surface area contributed by atoms with Gasteiger partial charge in [0.15, 0.2) is 0 Å². The summed E-state index contributed by atoms with van der Waals surface area (Å²) >= 11 is 0. The summed E-state index contributed by atoms with van der Waals surface area (Å²) in [6, 6.07) is 1.72. The Morgan fingerprint density at radius 1 is 1.62 bits per heavy atom. The third-order valence-electron chi connectivity index (χ3n) is 0.941. The smallest absolute Gasteiger partial charge is 0.0377 e. The number of hydrogen-bond acceptors (Lipinski definition) is 2. The van der Waals surface area contributed by atoms with Crippen molar-refractivity contribution < 1.29 is 0 Å². The van der Waals surface area contributed by atoms with Gasteiger partial charge in [-0.1, -0.05) is 0 Å². The van der Waals surface area contributed by atoms with Crippen molar-refractivity contribution in [3.05, 3.63) is 30.9 Å². The van der Waals surface area contributed by atoms with Gasteiger partial charge in [0.1, 0.15) is 0 Å². The molecular weight excluding hydrogens is 100 g/mol. The highest BCUT2D eigenvalue weighted by Gasteiger charge is 1.85. The summed E-state index contributed by atoms with van der Waals surface area (Å²) < 4.78 is 0. The van der Waals surface area contributed by atoms with Gasteiger partial charge in [0, 0.05) is 18.1 Å². The van der Waals surface area contributed by atoms with E-state index in [0.29, 0.717) is 5.69 Å². The molecule has 0 bridgehead atoms. The Kier molecular flexibility index (Phi) is 1.16. The van der Waals surface area contributed by atoms with Crippen LogP contribution in [0.5, 0.6) is 0 Å². The van der Waals surface area contributed by atoms with Crippen LogP contribution in [0, 0.1) is 6.92 Å². The lowest BCUT2D eigenvalue weighted by Crippen LogP contribution is -1.87. The number of hydrogen-bond donors (Lipinski definition) is 1. The maximum atomic E-state index is 5.42. The number of anilines is 1. The Labute approximate surface area is 48.4 Å². The molecule has 1 rings (SSSR count). The first-order valence-corrected chi connectivity index (χ1v) is 2.32. The van der Waals surface area contributed by atoms with Crippen molar-refractivity contribution in [2.75, 3.05) is 5.73 Å². The van der Waals surface area contributed by atoms with Gasteiger partial charge in [-0.25, -0.2) is 0 Å². The first-order valence-electron chi connectivity index (χ1n) is 2.32. The average Bonchev–Trinajstić information content (AvgIpc) is 1.77. The van der Waals surface area contributed by atoms with Crippen LogP contribution < -0.4 is 5.73 Å². The summed E-state index contributed by atoms with van der Waals surface area (Å²) in [4.78, 5) is 3.80. The molecule has 0 saturated heterocycles. The van der Waals surface area contributed by atoms with E-state index in [1.54, 1.807) is 18.5 Å². The Morgan fingerprint density at radius 2 is 2.38 bits per heavy atom. The van der Waals surface area contributed by atoms with Crippen LogP contribution in [0.3, 0.4) is 0 Å². The zero-order valence-corrected chi connectivity index (χ0v) is 4.46. The molecule has 8 heavy (non-hydrogen) atoms. The van der Waals surface area contributed by atoms with Gasteiger partial charge in [0.25, 0.3) is 0 Å². The van der Waals surface area contributed by atoms with E-state index in [0.717, 1.165) is 5.56 Å². The molecule has 41 valence electrons. The van der Waals surface area contributed by atoms with E-state index < -0.39 is 0 Å². The first-order chi connectivity index (χ1) is 3.80. The number of aromatic nitrogens is 1. The number of nitrogens with two attached hydrogens (primary N) is 1. The highest BCUT2D eigenvalue weighted by Crippen LogP contribution is 2.04. The van der Waals surface area contributed by atoms with Crippen molar-refractivity contribution in [2.45, 2.75) is 0 Å². The summed E-state index contributed by atoms with van der Waals surface area (Å²) in [7, 11) is 0. The molecule has 2 nitrogen and oxygen atoms in total. The van der Waals surface area contributed by atoms with Crippen LogP contribution >= 0.6 is 0 Å². The Balaban J connectivity index is 3.13. The standard InChI is InChI=1S/C6H7N2/c1-5-4-8-3-2-6(5)7/h2-4H,1H2,(H2,7,8). The fourth-order valence-electron chi connectivity index (χ4n) is 0.438. The normalized spacial score (nSPS) is 9.12. The third-order valence-corrected chi connectivity index (χ3v) is 0.941. The molecule has 0 aliphatic heterocycles. The van der Waals surface area contributed by atoms with Gasteiger partial charge in [-0.2, -0.15) is 0 Å². The Hall–Kier alpha value is -1.05.